The Bertz CT molecular complexity index is 743. The van der Waals surface area contributed by atoms with Crippen molar-refractivity contribution in [3.63, 3.8) is 0 Å². The Morgan fingerprint density at radius 1 is 0.808 bits per heavy atom. The van der Waals surface area contributed by atoms with E-state index in [0.717, 1.165) is 16.6 Å². The molecule has 3 aromatic rings. The minimum absolute atomic E-state index is 0.463. The SMILES string of the molecule is CC.CC.CC.[B]c1nnc(NCc2ccccc2)c2cc(C)ccc12. The average molecular weight is 349 g/mol. The highest BCUT2D eigenvalue weighted by atomic mass is 15.2. The highest BCUT2D eigenvalue weighted by Gasteiger charge is 2.06. The van der Waals surface area contributed by atoms with Gasteiger partial charge in [-0.25, -0.2) is 0 Å². The van der Waals surface area contributed by atoms with Gasteiger partial charge in [-0.1, -0.05) is 89.6 Å². The maximum Gasteiger partial charge on any atom is 0.156 e. The van der Waals surface area contributed by atoms with Crippen LogP contribution in [0.2, 0.25) is 0 Å². The third-order valence-corrected chi connectivity index (χ3v) is 3.27. The van der Waals surface area contributed by atoms with Gasteiger partial charge in [0.15, 0.2) is 5.82 Å². The molecular weight excluding hydrogens is 317 g/mol. The maximum atomic E-state index is 5.88. The predicted molar refractivity (Wildman–Crippen MR) is 117 cm³/mol. The number of aryl methyl sites for hydroxylation is 1. The predicted octanol–water partition coefficient (Wildman–Crippen LogP) is 5.42. The first-order valence-corrected chi connectivity index (χ1v) is 9.54. The Hall–Kier alpha value is -2.36. The van der Waals surface area contributed by atoms with Crippen molar-refractivity contribution >= 4 is 30.0 Å². The van der Waals surface area contributed by atoms with E-state index in [1.54, 1.807) is 0 Å². The summed E-state index contributed by atoms with van der Waals surface area (Å²) < 4.78 is 0. The molecule has 0 atom stereocenters. The van der Waals surface area contributed by atoms with Gasteiger partial charge in [0.2, 0.25) is 0 Å². The molecule has 0 aliphatic heterocycles. The van der Waals surface area contributed by atoms with Gasteiger partial charge in [0.05, 0.1) is 0 Å². The first kappa shape index (κ1) is 23.6. The summed E-state index contributed by atoms with van der Waals surface area (Å²) in [4.78, 5) is 0. The molecule has 0 saturated carbocycles. The van der Waals surface area contributed by atoms with E-state index in [-0.39, 0.29) is 0 Å². The minimum atomic E-state index is 0.463. The van der Waals surface area contributed by atoms with E-state index >= 15 is 0 Å². The lowest BCUT2D eigenvalue weighted by molar-refractivity contribution is 1.03. The van der Waals surface area contributed by atoms with Crippen LogP contribution in [0.3, 0.4) is 0 Å². The fraction of sp³-hybridized carbons (Fsp3) is 0.364. The number of aromatic nitrogens is 2. The van der Waals surface area contributed by atoms with Gasteiger partial charge in [-0.3, -0.25) is 0 Å². The Morgan fingerprint density at radius 2 is 1.42 bits per heavy atom. The van der Waals surface area contributed by atoms with Crippen molar-refractivity contribution in [2.24, 2.45) is 0 Å². The Morgan fingerprint density at radius 3 is 2.04 bits per heavy atom. The quantitative estimate of drug-likeness (QED) is 0.641. The van der Waals surface area contributed by atoms with Gasteiger partial charge in [0, 0.05) is 17.5 Å². The Balaban J connectivity index is 0.000000948. The largest absolute Gasteiger partial charge is 0.364 e. The van der Waals surface area contributed by atoms with Crippen LogP contribution in [0.25, 0.3) is 10.8 Å². The molecule has 0 saturated heterocycles. The summed E-state index contributed by atoms with van der Waals surface area (Å²) >= 11 is 0. The lowest BCUT2D eigenvalue weighted by Gasteiger charge is -2.10. The average Bonchev–Trinajstić information content (AvgIpc) is 2.73. The molecule has 1 heterocycles. The third kappa shape index (κ3) is 6.87. The van der Waals surface area contributed by atoms with Crippen LogP contribution in [0.15, 0.2) is 48.5 Å². The molecule has 1 N–H and O–H groups in total. The van der Waals surface area contributed by atoms with Gasteiger partial charge in [-0.15, -0.1) is 5.10 Å². The van der Waals surface area contributed by atoms with Gasteiger partial charge < -0.3 is 5.32 Å². The summed E-state index contributed by atoms with van der Waals surface area (Å²) in [6.07, 6.45) is 0. The molecule has 2 aromatic carbocycles. The number of nitrogens with zero attached hydrogens (tertiary/aromatic N) is 2. The van der Waals surface area contributed by atoms with Crippen molar-refractivity contribution in [1.82, 2.24) is 10.2 Å². The van der Waals surface area contributed by atoms with Crippen molar-refractivity contribution in [3.05, 3.63) is 59.7 Å². The standard InChI is InChI=1S/C16H14BN3.3C2H6/c1-11-7-8-13-14(9-11)16(20-19-15(13)17)18-10-12-5-3-2-4-6-12;3*1-2/h2-9H,10H2,1H3,(H,18,20);3*1-2H3. The summed E-state index contributed by atoms with van der Waals surface area (Å²) in [5.41, 5.74) is 2.84. The van der Waals surface area contributed by atoms with Gasteiger partial charge in [-0.05, 0) is 23.9 Å². The normalized spacial score (nSPS) is 8.88. The van der Waals surface area contributed by atoms with Crippen LogP contribution in [-0.4, -0.2) is 18.0 Å². The Labute approximate surface area is 160 Å². The number of hydrogen-bond acceptors (Lipinski definition) is 3. The number of benzene rings is 2. The highest BCUT2D eigenvalue weighted by molar-refractivity contribution is 6.37. The fourth-order valence-corrected chi connectivity index (χ4v) is 2.20. The summed E-state index contributed by atoms with van der Waals surface area (Å²) in [5, 5.41) is 13.5. The van der Waals surface area contributed by atoms with E-state index in [2.05, 4.69) is 40.6 Å². The molecule has 0 spiro atoms. The summed E-state index contributed by atoms with van der Waals surface area (Å²) in [6.45, 7) is 14.8. The number of rotatable bonds is 3. The van der Waals surface area contributed by atoms with Crippen LogP contribution in [0.1, 0.15) is 52.7 Å². The zero-order chi connectivity index (χ0) is 19.9. The van der Waals surface area contributed by atoms with E-state index < -0.39 is 0 Å². The van der Waals surface area contributed by atoms with Crippen molar-refractivity contribution in [1.29, 1.82) is 0 Å². The van der Waals surface area contributed by atoms with Gasteiger partial charge in [0.25, 0.3) is 0 Å². The molecule has 138 valence electrons. The van der Waals surface area contributed by atoms with Crippen LogP contribution >= 0.6 is 0 Å². The Kier molecular flexibility index (Phi) is 12.6. The van der Waals surface area contributed by atoms with E-state index in [1.807, 2.05) is 71.9 Å². The molecule has 3 nitrogen and oxygen atoms in total. The molecule has 3 rings (SSSR count). The molecule has 0 aliphatic rings. The second-order valence-electron chi connectivity index (χ2n) is 4.82. The van der Waals surface area contributed by atoms with Crippen LogP contribution in [0.5, 0.6) is 0 Å². The van der Waals surface area contributed by atoms with E-state index in [4.69, 9.17) is 7.85 Å². The molecular formula is C22H32BN3. The first-order valence-electron chi connectivity index (χ1n) is 9.54. The lowest BCUT2D eigenvalue weighted by atomic mass is 9.96. The van der Waals surface area contributed by atoms with E-state index in [1.165, 1.54) is 11.1 Å². The van der Waals surface area contributed by atoms with Crippen molar-refractivity contribution < 1.29 is 0 Å². The summed E-state index contributed by atoms with van der Waals surface area (Å²) in [6, 6.07) is 16.3. The molecule has 0 bridgehead atoms. The molecule has 0 unspecified atom stereocenters. The first-order chi connectivity index (χ1) is 12.7. The lowest BCUT2D eigenvalue weighted by Crippen LogP contribution is -2.14. The van der Waals surface area contributed by atoms with Crippen LogP contribution in [-0.2, 0) is 6.54 Å². The van der Waals surface area contributed by atoms with Gasteiger partial charge in [-0.2, -0.15) is 5.10 Å². The smallest absolute Gasteiger partial charge is 0.156 e. The summed E-state index contributed by atoms with van der Waals surface area (Å²) in [7, 11) is 5.88. The fourth-order valence-electron chi connectivity index (χ4n) is 2.20. The third-order valence-electron chi connectivity index (χ3n) is 3.27. The molecule has 1 aromatic heterocycles. The second-order valence-corrected chi connectivity index (χ2v) is 4.82. The minimum Gasteiger partial charge on any atom is -0.364 e. The van der Waals surface area contributed by atoms with Crippen LogP contribution < -0.4 is 10.9 Å². The highest BCUT2D eigenvalue weighted by Crippen LogP contribution is 2.20. The monoisotopic (exact) mass is 349 g/mol. The van der Waals surface area contributed by atoms with Gasteiger partial charge in [0.1, 0.15) is 7.85 Å². The second kappa shape index (κ2) is 13.9. The number of anilines is 1. The van der Waals surface area contributed by atoms with Crippen LogP contribution in [0.4, 0.5) is 5.82 Å². The molecule has 4 heteroatoms. The number of fused-ring (bicyclic) bond motifs is 1. The van der Waals surface area contributed by atoms with Gasteiger partial charge >= 0.3 is 0 Å². The summed E-state index contributed by atoms with van der Waals surface area (Å²) in [5.74, 6) is 0.766. The van der Waals surface area contributed by atoms with Crippen molar-refractivity contribution in [2.75, 3.05) is 5.32 Å². The number of hydrogen-bond donors (Lipinski definition) is 1. The van der Waals surface area contributed by atoms with E-state index in [0.29, 0.717) is 12.1 Å². The van der Waals surface area contributed by atoms with Crippen LogP contribution in [0, 0.1) is 6.92 Å². The molecule has 2 radical (unpaired) electrons. The molecule has 26 heavy (non-hydrogen) atoms. The zero-order valence-corrected chi connectivity index (χ0v) is 17.3. The molecule has 0 amide bonds. The van der Waals surface area contributed by atoms with Crippen molar-refractivity contribution in [3.8, 4) is 0 Å². The topological polar surface area (TPSA) is 37.8 Å². The van der Waals surface area contributed by atoms with E-state index in [9.17, 15) is 0 Å². The molecule has 0 aliphatic carbocycles. The maximum absolute atomic E-state index is 5.88. The zero-order valence-electron chi connectivity index (χ0n) is 17.3. The number of nitrogens with one attached hydrogen (secondary N) is 1. The van der Waals surface area contributed by atoms with Crippen molar-refractivity contribution in [2.45, 2.75) is 55.0 Å². The molecule has 0 fully saturated rings.